The number of benzene rings is 1. The second kappa shape index (κ2) is 10.9. The number of anilines is 1. The van der Waals surface area contributed by atoms with Gasteiger partial charge >= 0.3 is 19.2 Å². The van der Waals surface area contributed by atoms with Crippen LogP contribution in [0.5, 0.6) is 6.01 Å². The first-order chi connectivity index (χ1) is 17.5. The Balaban J connectivity index is 1.33. The molecular weight excluding hydrogens is 479 g/mol. The first kappa shape index (κ1) is 24.6. The highest BCUT2D eigenvalue weighted by atomic mass is 32.2. The van der Waals surface area contributed by atoms with E-state index in [1.54, 1.807) is 12.3 Å². The molecule has 188 valence electrons. The van der Waals surface area contributed by atoms with Crippen molar-refractivity contribution in [2.75, 3.05) is 11.9 Å². The van der Waals surface area contributed by atoms with Gasteiger partial charge in [-0.25, -0.2) is 9.78 Å². The van der Waals surface area contributed by atoms with Gasteiger partial charge in [0, 0.05) is 35.9 Å². The molecule has 0 spiro atoms. The number of rotatable bonds is 7. The van der Waals surface area contributed by atoms with E-state index in [4.69, 9.17) is 9.39 Å². The monoisotopic (exact) mass is 508 g/mol. The number of urea groups is 1. The van der Waals surface area contributed by atoms with Crippen molar-refractivity contribution in [3.8, 4) is 17.3 Å². The minimum absolute atomic E-state index is 0.219. The molecule has 1 atom stereocenters. The van der Waals surface area contributed by atoms with Crippen LogP contribution < -0.4 is 14.8 Å². The predicted molar refractivity (Wildman–Crippen MR) is 138 cm³/mol. The maximum Gasteiger partial charge on any atom is 0.454 e. The summed E-state index contributed by atoms with van der Waals surface area (Å²) in [6.45, 7) is 4.39. The van der Waals surface area contributed by atoms with Gasteiger partial charge in [-0.05, 0) is 69.1 Å². The van der Waals surface area contributed by atoms with Crippen LogP contribution in [0.25, 0.3) is 11.3 Å². The number of nitrogens with zero attached hydrogens (tertiary/aromatic N) is 4. The SMILES string of the molecule is CC(C)n1ccc(SNC(=O)Nc2c(-c3ccnc(OC4CCB(O)OC4)n3)ccc3c2CCC3)n1. The Hall–Kier alpha value is -3.09. The molecule has 1 aliphatic carbocycles. The van der Waals surface area contributed by atoms with E-state index in [1.165, 1.54) is 17.5 Å². The van der Waals surface area contributed by atoms with Crippen LogP contribution in [-0.4, -0.2) is 50.6 Å². The summed E-state index contributed by atoms with van der Waals surface area (Å²) in [6, 6.07) is 7.93. The van der Waals surface area contributed by atoms with Gasteiger partial charge in [0.1, 0.15) is 11.1 Å². The van der Waals surface area contributed by atoms with Crippen molar-refractivity contribution in [2.45, 2.75) is 63.0 Å². The number of fused-ring (bicyclic) bond motifs is 1. The minimum Gasteiger partial charge on any atom is -0.458 e. The van der Waals surface area contributed by atoms with Crippen LogP contribution >= 0.6 is 11.9 Å². The molecule has 3 heterocycles. The summed E-state index contributed by atoms with van der Waals surface area (Å²) < 4.78 is 15.9. The topological polar surface area (TPSA) is 123 Å². The van der Waals surface area contributed by atoms with Crippen LogP contribution in [0.4, 0.5) is 10.5 Å². The van der Waals surface area contributed by atoms with Crippen molar-refractivity contribution in [3.05, 3.63) is 47.8 Å². The Morgan fingerprint density at radius 3 is 2.97 bits per heavy atom. The highest BCUT2D eigenvalue weighted by Crippen LogP contribution is 2.37. The summed E-state index contributed by atoms with van der Waals surface area (Å²) in [5.41, 5.74) is 4.59. The summed E-state index contributed by atoms with van der Waals surface area (Å²) in [6.07, 6.45) is 7.41. The lowest BCUT2D eigenvalue weighted by Crippen LogP contribution is -2.35. The second-order valence-corrected chi connectivity index (χ2v) is 10.0. The lowest BCUT2D eigenvalue weighted by atomic mass is 9.80. The minimum atomic E-state index is -0.743. The molecule has 0 radical (unpaired) electrons. The van der Waals surface area contributed by atoms with Crippen LogP contribution in [0, 0.1) is 0 Å². The Labute approximate surface area is 214 Å². The first-order valence-corrected chi connectivity index (χ1v) is 13.0. The molecule has 1 aromatic carbocycles. The molecule has 1 saturated heterocycles. The number of hydrogen-bond acceptors (Lipinski definition) is 8. The molecular formula is C24H29BN6O4S. The normalized spacial score (nSPS) is 17.2. The average Bonchev–Trinajstić information content (AvgIpc) is 3.55. The summed E-state index contributed by atoms with van der Waals surface area (Å²) >= 11 is 1.17. The van der Waals surface area contributed by atoms with Crippen molar-refractivity contribution in [2.24, 2.45) is 0 Å². The Morgan fingerprint density at radius 1 is 1.31 bits per heavy atom. The third-order valence-corrected chi connectivity index (χ3v) is 6.99. The smallest absolute Gasteiger partial charge is 0.454 e. The van der Waals surface area contributed by atoms with E-state index in [0.29, 0.717) is 23.5 Å². The van der Waals surface area contributed by atoms with E-state index < -0.39 is 7.12 Å². The van der Waals surface area contributed by atoms with Gasteiger partial charge in [0.15, 0.2) is 0 Å². The van der Waals surface area contributed by atoms with Crippen molar-refractivity contribution < 1.29 is 19.2 Å². The summed E-state index contributed by atoms with van der Waals surface area (Å²) in [5.74, 6) is 0. The van der Waals surface area contributed by atoms with Gasteiger partial charge < -0.3 is 19.7 Å². The predicted octanol–water partition coefficient (Wildman–Crippen LogP) is 3.89. The zero-order valence-corrected chi connectivity index (χ0v) is 21.1. The van der Waals surface area contributed by atoms with Crippen molar-refractivity contribution in [1.29, 1.82) is 0 Å². The number of ether oxygens (including phenoxy) is 1. The fourth-order valence-electron chi connectivity index (χ4n) is 4.43. The largest absolute Gasteiger partial charge is 0.458 e. The number of aromatic nitrogens is 4. The molecule has 3 N–H and O–H groups in total. The van der Waals surface area contributed by atoms with Gasteiger partial charge in [-0.1, -0.05) is 12.1 Å². The van der Waals surface area contributed by atoms with Crippen LogP contribution in [-0.2, 0) is 17.5 Å². The fourth-order valence-corrected chi connectivity index (χ4v) is 4.94. The Bertz CT molecular complexity index is 1230. The summed E-state index contributed by atoms with van der Waals surface area (Å²) in [4.78, 5) is 21.8. The van der Waals surface area contributed by atoms with E-state index in [1.807, 2.05) is 23.0 Å². The molecule has 36 heavy (non-hydrogen) atoms. The van der Waals surface area contributed by atoms with Crippen molar-refractivity contribution in [1.82, 2.24) is 24.5 Å². The first-order valence-electron chi connectivity index (χ1n) is 12.2. The Kier molecular flexibility index (Phi) is 7.44. The zero-order chi connectivity index (χ0) is 25.1. The Morgan fingerprint density at radius 2 is 2.19 bits per heavy atom. The molecule has 2 aromatic heterocycles. The molecule has 12 heteroatoms. The quantitative estimate of drug-likeness (QED) is 0.325. The highest BCUT2D eigenvalue weighted by Gasteiger charge is 2.26. The molecule has 2 aliphatic rings. The molecule has 0 bridgehead atoms. The molecule has 1 aliphatic heterocycles. The van der Waals surface area contributed by atoms with E-state index in [2.05, 4.69) is 45.0 Å². The van der Waals surface area contributed by atoms with Crippen molar-refractivity contribution in [3.63, 3.8) is 0 Å². The number of carbonyl (C=O) groups excluding carboxylic acids is 1. The summed E-state index contributed by atoms with van der Waals surface area (Å²) in [7, 11) is -0.743. The molecule has 1 fully saturated rings. The molecule has 10 nitrogen and oxygen atoms in total. The lowest BCUT2D eigenvalue weighted by molar-refractivity contribution is 0.0828. The molecule has 2 amide bonds. The van der Waals surface area contributed by atoms with E-state index >= 15 is 0 Å². The summed E-state index contributed by atoms with van der Waals surface area (Å²) in [5, 5.41) is 17.8. The van der Waals surface area contributed by atoms with Gasteiger partial charge in [0.2, 0.25) is 0 Å². The standard InChI is InChI=1S/C24H29BN6O4S/c1-15(2)31-13-10-21(29-31)36-30-23(32)28-22-18-5-3-4-16(18)6-7-19(22)20-9-12-26-24(27-20)35-17-8-11-25(33)34-14-17/h6-7,9-10,12-13,15,17,33H,3-5,8,11,14H2,1-2H3,(H2,28,30,32). The fraction of sp³-hybridized carbons (Fsp3) is 0.417. The van der Waals surface area contributed by atoms with E-state index in [-0.39, 0.29) is 30.8 Å². The van der Waals surface area contributed by atoms with Gasteiger partial charge in [-0.3, -0.25) is 9.40 Å². The second-order valence-electron chi connectivity index (χ2n) is 9.19. The van der Waals surface area contributed by atoms with Gasteiger partial charge in [0.25, 0.3) is 0 Å². The van der Waals surface area contributed by atoms with Crippen molar-refractivity contribution >= 4 is 30.8 Å². The highest BCUT2D eigenvalue weighted by molar-refractivity contribution is 7.97. The van der Waals surface area contributed by atoms with Crippen LogP contribution in [0.3, 0.4) is 0 Å². The molecule has 3 aromatic rings. The maximum atomic E-state index is 12.9. The number of amides is 2. The van der Waals surface area contributed by atoms with Crippen LogP contribution in [0.2, 0.25) is 6.32 Å². The van der Waals surface area contributed by atoms with E-state index in [0.717, 1.165) is 36.1 Å². The molecule has 0 saturated carbocycles. The van der Waals surface area contributed by atoms with E-state index in [9.17, 15) is 9.82 Å². The molecule has 5 rings (SSSR count). The molecule has 1 unspecified atom stereocenters. The third kappa shape index (κ3) is 5.66. The van der Waals surface area contributed by atoms with Crippen LogP contribution in [0.15, 0.2) is 41.7 Å². The zero-order valence-electron chi connectivity index (χ0n) is 20.3. The average molecular weight is 508 g/mol. The van der Waals surface area contributed by atoms with Gasteiger partial charge in [-0.15, -0.1) is 0 Å². The van der Waals surface area contributed by atoms with Gasteiger partial charge in [0.05, 0.1) is 18.0 Å². The lowest BCUT2D eigenvalue weighted by Gasteiger charge is -2.24. The number of carbonyl (C=O) groups is 1. The van der Waals surface area contributed by atoms with Gasteiger partial charge in [-0.2, -0.15) is 10.1 Å². The number of aryl methyl sites for hydroxylation is 1. The number of hydrogen-bond donors (Lipinski definition) is 3. The number of nitrogens with one attached hydrogen (secondary N) is 2. The third-order valence-electron chi connectivity index (χ3n) is 6.27. The van der Waals surface area contributed by atoms with Crippen LogP contribution in [0.1, 0.15) is 43.9 Å². The maximum absolute atomic E-state index is 12.9.